The minimum absolute atomic E-state index is 0. The monoisotopic (exact) mass is 345 g/mol. The molecule has 0 unspecified atom stereocenters. The maximum absolute atomic E-state index is 0. The van der Waals surface area contributed by atoms with Crippen LogP contribution in [0.5, 0.6) is 0 Å². The minimum atomic E-state index is 0. The second-order valence-corrected chi connectivity index (χ2v) is 0. The molecule has 0 atom stereocenters. The van der Waals surface area contributed by atoms with E-state index in [2.05, 4.69) is 0 Å². The van der Waals surface area contributed by atoms with Crippen LogP contribution in [-0.2, 0) is 31.1 Å². The van der Waals surface area contributed by atoms with E-state index < -0.39 is 0 Å². The smallest absolute Gasteiger partial charge is 2.00 e. The van der Waals surface area contributed by atoms with Gasteiger partial charge in [0.1, 0.15) is 0 Å². The van der Waals surface area contributed by atoms with Crippen LogP contribution in [0.15, 0.2) is 0 Å². The van der Waals surface area contributed by atoms with E-state index in [1.165, 1.54) is 0 Å². The third-order valence-electron chi connectivity index (χ3n) is 0. The molecule has 0 aliphatic heterocycles. The van der Waals surface area contributed by atoms with Gasteiger partial charge in [0.05, 0.1) is 0 Å². The van der Waals surface area contributed by atoms with Gasteiger partial charge in [0.25, 0.3) is 0 Å². The molecule has 25 valence electrons. The Kier molecular flexibility index (Phi) is 362. The normalized spacial score (nSPS) is 0. The summed E-state index contributed by atoms with van der Waals surface area (Å²) in [5, 5.41) is 0. The summed E-state index contributed by atoms with van der Waals surface area (Å²) in [7, 11) is 0. The Balaban J connectivity index is 0. The Morgan fingerprint density at radius 3 is 0.750 bits per heavy atom. The van der Waals surface area contributed by atoms with Crippen LogP contribution >= 0.6 is 0 Å². The van der Waals surface area contributed by atoms with Crippen molar-refractivity contribution in [2.75, 3.05) is 0 Å². The molecule has 1 radical (unpaired) electrons. The van der Waals surface area contributed by atoms with Crippen LogP contribution in [0.3, 0.4) is 0 Å². The van der Waals surface area contributed by atoms with Crippen LogP contribution in [0, 0.1) is 0 Å². The summed E-state index contributed by atoms with van der Waals surface area (Å²) in [5.41, 5.74) is 0. The molecule has 0 rings (SSSR count). The molecule has 0 N–H and O–H groups in total. The van der Waals surface area contributed by atoms with Crippen molar-refractivity contribution in [1.82, 2.24) is 0 Å². The average molecular weight is 343 g/mol. The standard InChI is InChI=1S/Ir.2O.Sn/q;2*-2;+4. The van der Waals surface area contributed by atoms with Crippen molar-refractivity contribution >= 4 is 23.9 Å². The predicted octanol–water partition coefficient (Wildman–Crippen LogP) is -0.621. The van der Waals surface area contributed by atoms with E-state index in [4.69, 9.17) is 0 Å². The van der Waals surface area contributed by atoms with Crippen LogP contribution in [0.4, 0.5) is 0 Å². The summed E-state index contributed by atoms with van der Waals surface area (Å²) < 4.78 is 0. The van der Waals surface area contributed by atoms with Gasteiger partial charge in [0.2, 0.25) is 0 Å². The van der Waals surface area contributed by atoms with E-state index in [0.717, 1.165) is 0 Å². The van der Waals surface area contributed by atoms with Gasteiger partial charge in [-0.25, -0.2) is 0 Å². The maximum Gasteiger partial charge on any atom is 4.00 e. The second-order valence-electron chi connectivity index (χ2n) is 0. The minimum Gasteiger partial charge on any atom is -2.00 e. The van der Waals surface area contributed by atoms with Gasteiger partial charge in [-0.05, 0) is 0 Å². The first kappa shape index (κ1) is 54.7. The summed E-state index contributed by atoms with van der Waals surface area (Å²) in [4.78, 5) is 0. The largest absolute Gasteiger partial charge is 4.00 e. The third-order valence-corrected chi connectivity index (χ3v) is 0. The summed E-state index contributed by atoms with van der Waals surface area (Å²) in [6.07, 6.45) is 0. The van der Waals surface area contributed by atoms with E-state index in [9.17, 15) is 0 Å². The van der Waals surface area contributed by atoms with Crippen molar-refractivity contribution in [3.05, 3.63) is 0 Å². The topological polar surface area (TPSA) is 57.0 Å². The first-order chi connectivity index (χ1) is 0. The van der Waals surface area contributed by atoms with E-state index in [0.29, 0.717) is 0 Å². The fourth-order valence-corrected chi connectivity index (χ4v) is 0. The van der Waals surface area contributed by atoms with E-state index in [1.807, 2.05) is 0 Å². The predicted molar refractivity (Wildman–Crippen MR) is 7.13 cm³/mol. The molecule has 4 heavy (non-hydrogen) atoms. The molecule has 0 aromatic rings. The molecule has 0 aliphatic carbocycles. The van der Waals surface area contributed by atoms with Gasteiger partial charge in [-0.2, -0.15) is 0 Å². The zero-order valence-corrected chi connectivity index (χ0v) is 6.90. The van der Waals surface area contributed by atoms with Crippen LogP contribution in [0.25, 0.3) is 0 Å². The first-order valence-corrected chi connectivity index (χ1v) is 0. The van der Waals surface area contributed by atoms with Gasteiger partial charge < -0.3 is 11.0 Å². The fraction of sp³-hybridized carbons (Fsp3) is 0. The summed E-state index contributed by atoms with van der Waals surface area (Å²) in [6, 6.07) is 0. The Morgan fingerprint density at radius 1 is 0.750 bits per heavy atom. The molecule has 0 spiro atoms. The SMILES string of the molecule is [Ir].[O-2].[O-2].[Sn+4]. The Labute approximate surface area is 54.9 Å². The number of hydrogen-bond donors (Lipinski definition) is 0. The molecule has 0 heterocycles. The Hall–Kier alpha value is 1.37. The average Bonchev–Trinajstić information content (AvgIpc) is 0. The Morgan fingerprint density at radius 2 is 0.750 bits per heavy atom. The molecule has 0 aliphatic rings. The summed E-state index contributed by atoms with van der Waals surface area (Å²) in [5.74, 6) is 0. The van der Waals surface area contributed by atoms with Crippen LogP contribution in [-0.4, -0.2) is 23.9 Å². The Bertz CT molecular complexity index is 6.00. The molecule has 0 saturated heterocycles. The van der Waals surface area contributed by atoms with Gasteiger partial charge in [-0.15, -0.1) is 0 Å². The van der Waals surface area contributed by atoms with Crippen LogP contribution in [0.2, 0.25) is 0 Å². The van der Waals surface area contributed by atoms with Crippen molar-refractivity contribution in [3.63, 3.8) is 0 Å². The zero-order valence-electron chi connectivity index (χ0n) is 1.65. The first-order valence-electron chi connectivity index (χ1n) is 0. The molecular formula is IrO2Sn. The number of rotatable bonds is 0. The molecule has 0 amide bonds. The molecular weight excluding hydrogens is 343 g/mol. The van der Waals surface area contributed by atoms with Gasteiger partial charge in [-0.3, -0.25) is 0 Å². The third kappa shape index (κ3) is 10.1. The van der Waals surface area contributed by atoms with Crippen molar-refractivity contribution in [2.45, 2.75) is 0 Å². The molecule has 0 fully saturated rings. The molecule has 4 heteroatoms. The van der Waals surface area contributed by atoms with Crippen molar-refractivity contribution in [3.8, 4) is 0 Å². The van der Waals surface area contributed by atoms with Crippen LogP contribution in [0.1, 0.15) is 0 Å². The van der Waals surface area contributed by atoms with Crippen molar-refractivity contribution < 1.29 is 31.1 Å². The second kappa shape index (κ2) is 26.5. The zero-order chi connectivity index (χ0) is 0. The molecule has 0 saturated carbocycles. The summed E-state index contributed by atoms with van der Waals surface area (Å²) in [6.45, 7) is 0. The molecule has 0 bridgehead atoms. The quantitative estimate of drug-likeness (QED) is 0.527. The molecule has 0 aromatic heterocycles. The number of hydrogen-bond acceptors (Lipinski definition) is 0. The van der Waals surface area contributed by atoms with Crippen LogP contribution < -0.4 is 0 Å². The maximum atomic E-state index is 0. The van der Waals surface area contributed by atoms with Gasteiger partial charge in [-0.1, -0.05) is 0 Å². The molecule has 2 nitrogen and oxygen atoms in total. The summed E-state index contributed by atoms with van der Waals surface area (Å²) >= 11 is 0. The van der Waals surface area contributed by atoms with Gasteiger partial charge >= 0.3 is 23.9 Å². The van der Waals surface area contributed by atoms with E-state index in [1.54, 1.807) is 0 Å². The van der Waals surface area contributed by atoms with Crippen molar-refractivity contribution in [2.24, 2.45) is 0 Å². The molecule has 0 aromatic carbocycles. The fourth-order valence-electron chi connectivity index (χ4n) is 0. The van der Waals surface area contributed by atoms with E-state index >= 15 is 0 Å². The van der Waals surface area contributed by atoms with Crippen molar-refractivity contribution in [1.29, 1.82) is 0 Å². The van der Waals surface area contributed by atoms with Gasteiger partial charge in [0.15, 0.2) is 0 Å². The van der Waals surface area contributed by atoms with E-state index in [-0.39, 0.29) is 55.0 Å². The van der Waals surface area contributed by atoms with Gasteiger partial charge in [0, 0.05) is 20.1 Å².